The van der Waals surface area contributed by atoms with Gasteiger partial charge in [0.05, 0.1) is 10.6 Å². The van der Waals surface area contributed by atoms with Gasteiger partial charge in [0.2, 0.25) is 0 Å². The summed E-state index contributed by atoms with van der Waals surface area (Å²) in [6.45, 7) is 4.40. The monoisotopic (exact) mass is 452 g/mol. The highest BCUT2D eigenvalue weighted by Gasteiger charge is 2.34. The van der Waals surface area contributed by atoms with Crippen molar-refractivity contribution in [3.8, 4) is 0 Å². The highest BCUT2D eigenvalue weighted by Crippen LogP contribution is 2.31. The molecule has 0 spiro atoms. The van der Waals surface area contributed by atoms with Crippen molar-refractivity contribution in [2.24, 2.45) is 0 Å². The van der Waals surface area contributed by atoms with Gasteiger partial charge >= 0.3 is 0 Å². The minimum Gasteiger partial charge on any atom is -0.299 e. The van der Waals surface area contributed by atoms with Gasteiger partial charge in [0.1, 0.15) is 5.82 Å². The average Bonchev–Trinajstić information content (AvgIpc) is 2.83. The zero-order valence-electron chi connectivity index (χ0n) is 18.3. The maximum Gasteiger partial charge on any atom is 0.264 e. The zero-order valence-corrected chi connectivity index (χ0v) is 19.1. The summed E-state index contributed by atoms with van der Waals surface area (Å²) < 4.78 is 42.1. The second kappa shape index (κ2) is 9.84. The first kappa shape index (κ1) is 22.5. The van der Waals surface area contributed by atoms with E-state index in [-0.39, 0.29) is 11.9 Å². The van der Waals surface area contributed by atoms with Crippen molar-refractivity contribution in [3.05, 3.63) is 95.8 Å². The van der Waals surface area contributed by atoms with Crippen LogP contribution in [0.1, 0.15) is 30.9 Å². The molecule has 0 aliphatic carbocycles. The fraction of sp³-hybridized carbons (Fsp3) is 0.308. The van der Waals surface area contributed by atoms with Crippen LogP contribution in [0.4, 0.5) is 10.1 Å². The topological polar surface area (TPSA) is 40.6 Å². The number of piperidine rings is 1. The van der Waals surface area contributed by atoms with E-state index in [1.165, 1.54) is 17.7 Å². The zero-order chi connectivity index (χ0) is 22.6. The molecule has 168 valence electrons. The molecule has 1 fully saturated rings. The van der Waals surface area contributed by atoms with Gasteiger partial charge in [-0.05, 0) is 66.8 Å². The molecule has 0 aromatic heterocycles. The van der Waals surface area contributed by atoms with Gasteiger partial charge in [-0.2, -0.15) is 0 Å². The van der Waals surface area contributed by atoms with Crippen LogP contribution in [-0.4, -0.2) is 32.4 Å². The Kier molecular flexibility index (Phi) is 6.92. The Morgan fingerprint density at radius 2 is 1.47 bits per heavy atom. The van der Waals surface area contributed by atoms with Crippen LogP contribution in [0, 0.1) is 5.82 Å². The second-order valence-corrected chi connectivity index (χ2v) is 10.1. The molecule has 4 nitrogen and oxygen atoms in total. The molecule has 32 heavy (non-hydrogen) atoms. The summed E-state index contributed by atoms with van der Waals surface area (Å²) in [6, 6.07) is 23.0. The van der Waals surface area contributed by atoms with Crippen LogP contribution in [0.15, 0.2) is 83.8 Å². The lowest BCUT2D eigenvalue weighted by Gasteiger charge is -2.39. The van der Waals surface area contributed by atoms with Crippen molar-refractivity contribution in [1.82, 2.24) is 4.90 Å². The summed E-state index contributed by atoms with van der Waals surface area (Å²) in [7, 11) is -3.68. The number of hydrogen-bond donors (Lipinski definition) is 0. The van der Waals surface area contributed by atoms with Gasteiger partial charge in [0.15, 0.2) is 0 Å². The van der Waals surface area contributed by atoms with Crippen LogP contribution < -0.4 is 4.31 Å². The van der Waals surface area contributed by atoms with E-state index in [9.17, 15) is 12.8 Å². The molecule has 0 bridgehead atoms. The molecule has 1 aliphatic rings. The molecule has 0 amide bonds. The Morgan fingerprint density at radius 1 is 0.875 bits per heavy atom. The van der Waals surface area contributed by atoms with E-state index in [1.54, 1.807) is 28.6 Å². The van der Waals surface area contributed by atoms with E-state index in [1.807, 2.05) is 42.5 Å². The molecular weight excluding hydrogens is 423 g/mol. The molecule has 1 saturated heterocycles. The number of anilines is 1. The fourth-order valence-corrected chi connectivity index (χ4v) is 6.02. The molecule has 0 saturated carbocycles. The quantitative estimate of drug-likeness (QED) is 0.492. The Balaban J connectivity index is 1.56. The van der Waals surface area contributed by atoms with Gasteiger partial charge in [-0.15, -0.1) is 0 Å². The summed E-state index contributed by atoms with van der Waals surface area (Å²) in [6.07, 6.45) is 2.39. The maximum atomic E-state index is 13.7. The van der Waals surface area contributed by atoms with Gasteiger partial charge in [-0.25, -0.2) is 12.8 Å². The van der Waals surface area contributed by atoms with Crippen molar-refractivity contribution < 1.29 is 12.8 Å². The summed E-state index contributed by atoms with van der Waals surface area (Å²) in [5, 5.41) is 0. The molecule has 1 heterocycles. The number of halogens is 1. The first-order valence-electron chi connectivity index (χ1n) is 11.1. The molecule has 0 N–H and O–H groups in total. The minimum absolute atomic E-state index is 0.114. The van der Waals surface area contributed by atoms with E-state index in [4.69, 9.17) is 0 Å². The largest absolute Gasteiger partial charge is 0.299 e. The van der Waals surface area contributed by atoms with E-state index < -0.39 is 10.0 Å². The first-order chi connectivity index (χ1) is 15.5. The predicted octanol–water partition coefficient (Wildman–Crippen LogP) is 5.25. The van der Waals surface area contributed by atoms with Crippen molar-refractivity contribution in [1.29, 1.82) is 0 Å². The van der Waals surface area contributed by atoms with Gasteiger partial charge < -0.3 is 0 Å². The molecule has 4 rings (SSSR count). The Morgan fingerprint density at radius 3 is 2.06 bits per heavy atom. The van der Waals surface area contributed by atoms with Crippen LogP contribution in [0.5, 0.6) is 0 Å². The molecule has 1 aliphatic heterocycles. The lowest BCUT2D eigenvalue weighted by atomic mass is 10.0. The van der Waals surface area contributed by atoms with E-state index in [0.717, 1.165) is 44.5 Å². The third-order valence-corrected chi connectivity index (χ3v) is 8.00. The van der Waals surface area contributed by atoms with E-state index in [2.05, 4.69) is 11.8 Å². The summed E-state index contributed by atoms with van der Waals surface area (Å²) >= 11 is 0. The number of nitrogens with zero attached hydrogens (tertiary/aromatic N) is 2. The molecule has 0 radical (unpaired) electrons. The molecule has 0 atom stereocenters. The third kappa shape index (κ3) is 5.03. The van der Waals surface area contributed by atoms with Crippen LogP contribution >= 0.6 is 0 Å². The van der Waals surface area contributed by atoms with Crippen LogP contribution in [0.25, 0.3) is 0 Å². The standard InChI is InChI=1S/C26H29FN2O2S/c1-2-21-10-14-24(15-11-21)29(32(30,31)26-6-4-3-5-7-26)25-16-18-28(19-17-25)20-22-8-12-23(27)13-9-22/h3-15,25H,2,16-20H2,1H3. The van der Waals surface area contributed by atoms with Gasteiger partial charge in [0.25, 0.3) is 10.0 Å². The van der Waals surface area contributed by atoms with Gasteiger partial charge in [-0.1, -0.05) is 49.4 Å². The number of benzene rings is 3. The highest BCUT2D eigenvalue weighted by atomic mass is 32.2. The Labute approximate surface area is 190 Å². The number of likely N-dealkylation sites (tertiary alicyclic amines) is 1. The Bertz CT molecular complexity index is 1110. The second-order valence-electron chi connectivity index (χ2n) is 8.27. The van der Waals surface area contributed by atoms with Gasteiger partial charge in [-0.3, -0.25) is 9.21 Å². The van der Waals surface area contributed by atoms with Crippen LogP contribution in [0.3, 0.4) is 0 Å². The fourth-order valence-electron chi connectivity index (χ4n) is 4.29. The molecular formula is C26H29FN2O2S. The highest BCUT2D eigenvalue weighted by molar-refractivity contribution is 7.92. The van der Waals surface area contributed by atoms with E-state index >= 15 is 0 Å². The lowest BCUT2D eigenvalue weighted by molar-refractivity contribution is 0.206. The number of hydrogen-bond acceptors (Lipinski definition) is 3. The maximum absolute atomic E-state index is 13.7. The molecule has 6 heteroatoms. The molecule has 3 aromatic rings. The Hall–Kier alpha value is -2.70. The van der Waals surface area contributed by atoms with Crippen molar-refractivity contribution in [2.45, 2.75) is 43.7 Å². The van der Waals surface area contributed by atoms with Crippen molar-refractivity contribution in [2.75, 3.05) is 17.4 Å². The van der Waals surface area contributed by atoms with Crippen molar-refractivity contribution >= 4 is 15.7 Å². The molecule has 0 unspecified atom stereocenters. The molecule has 3 aromatic carbocycles. The number of aryl methyl sites for hydroxylation is 1. The van der Waals surface area contributed by atoms with Gasteiger partial charge in [0, 0.05) is 25.7 Å². The predicted molar refractivity (Wildman–Crippen MR) is 127 cm³/mol. The normalized spacial score (nSPS) is 15.6. The van der Waals surface area contributed by atoms with Crippen LogP contribution in [0.2, 0.25) is 0 Å². The average molecular weight is 453 g/mol. The van der Waals surface area contributed by atoms with E-state index in [0.29, 0.717) is 10.6 Å². The lowest BCUT2D eigenvalue weighted by Crippen LogP contribution is -2.47. The van der Waals surface area contributed by atoms with Crippen LogP contribution in [-0.2, 0) is 23.0 Å². The summed E-state index contributed by atoms with van der Waals surface area (Å²) in [5.41, 5.74) is 2.96. The summed E-state index contributed by atoms with van der Waals surface area (Å²) in [4.78, 5) is 2.62. The third-order valence-electron chi connectivity index (χ3n) is 6.11. The number of rotatable bonds is 7. The minimum atomic E-state index is -3.68. The smallest absolute Gasteiger partial charge is 0.264 e. The first-order valence-corrected chi connectivity index (χ1v) is 12.6. The van der Waals surface area contributed by atoms with Crippen molar-refractivity contribution in [3.63, 3.8) is 0 Å². The SMILES string of the molecule is CCc1ccc(N(C2CCN(Cc3ccc(F)cc3)CC2)S(=O)(=O)c2ccccc2)cc1. The number of sulfonamides is 1. The summed E-state index contributed by atoms with van der Waals surface area (Å²) in [5.74, 6) is -0.233.